The summed E-state index contributed by atoms with van der Waals surface area (Å²) in [4.78, 5) is 0. The van der Waals surface area contributed by atoms with Gasteiger partial charge in [0.2, 0.25) is 0 Å². The van der Waals surface area contributed by atoms with Crippen molar-refractivity contribution in [3.8, 4) is 0 Å². The molecule has 0 saturated heterocycles. The molecular weight excluding hydrogens is 142 g/mol. The Kier molecular flexibility index (Phi) is 1.55. The van der Waals surface area contributed by atoms with E-state index < -0.39 is 11.1 Å². The first-order chi connectivity index (χ1) is 4.78. The predicted molar refractivity (Wildman–Crippen MR) is 44.1 cm³/mol. The maximum Gasteiger partial charge on any atom is 0.109 e. The van der Waals surface area contributed by atoms with Crippen molar-refractivity contribution in [2.75, 3.05) is 0 Å². The van der Waals surface area contributed by atoms with Gasteiger partial charge in [0.05, 0.1) is 5.54 Å². The molecule has 1 heterocycles. The van der Waals surface area contributed by atoms with Crippen molar-refractivity contribution in [3.63, 3.8) is 0 Å². The summed E-state index contributed by atoms with van der Waals surface area (Å²) in [5.74, 6) is 0.164. The maximum atomic E-state index is 11.5. The van der Waals surface area contributed by atoms with Gasteiger partial charge in [0, 0.05) is 5.54 Å². The van der Waals surface area contributed by atoms with Gasteiger partial charge in [-0.05, 0) is 33.8 Å². The second kappa shape index (κ2) is 1.99. The van der Waals surface area contributed by atoms with Crippen molar-refractivity contribution in [1.82, 2.24) is 5.06 Å². The van der Waals surface area contributed by atoms with Crippen LogP contribution in [0.3, 0.4) is 0 Å². The van der Waals surface area contributed by atoms with E-state index in [9.17, 15) is 10.3 Å². The van der Waals surface area contributed by atoms with Crippen LogP contribution in [0.1, 0.15) is 27.7 Å². The number of nitrogens with zero attached hydrogens (tertiary/aromatic N) is 1. The standard InChI is InChI=1S/C8H14NO2/c1-7(2)5-6(10)8(3,4)9(7)11/h5,10H,1-4H3/q-1. The van der Waals surface area contributed by atoms with Crippen molar-refractivity contribution in [3.05, 3.63) is 17.0 Å². The molecule has 1 aliphatic rings. The summed E-state index contributed by atoms with van der Waals surface area (Å²) in [5.41, 5.74) is -1.34. The quantitative estimate of drug-likeness (QED) is 0.581. The average molecular weight is 156 g/mol. The summed E-state index contributed by atoms with van der Waals surface area (Å²) in [6.07, 6.45) is 1.60. The number of rotatable bonds is 0. The molecular formula is C8H14NO2-. The molecule has 0 aromatic carbocycles. The molecule has 0 aliphatic carbocycles. The van der Waals surface area contributed by atoms with E-state index in [1.165, 1.54) is 0 Å². The van der Waals surface area contributed by atoms with Gasteiger partial charge in [-0.3, -0.25) is 0 Å². The third-order valence-corrected chi connectivity index (χ3v) is 2.15. The summed E-state index contributed by atoms with van der Waals surface area (Å²) >= 11 is 0. The minimum Gasteiger partial charge on any atom is -0.784 e. The molecule has 3 heteroatoms. The molecule has 3 nitrogen and oxygen atoms in total. The number of aliphatic hydroxyl groups is 1. The van der Waals surface area contributed by atoms with Crippen molar-refractivity contribution >= 4 is 0 Å². The lowest BCUT2D eigenvalue weighted by molar-refractivity contribution is 0.130. The lowest BCUT2D eigenvalue weighted by Crippen LogP contribution is -2.45. The topological polar surface area (TPSA) is 46.5 Å². The molecule has 0 aromatic rings. The van der Waals surface area contributed by atoms with E-state index in [1.807, 2.05) is 0 Å². The molecule has 1 aliphatic heterocycles. The molecule has 0 atom stereocenters. The van der Waals surface area contributed by atoms with Gasteiger partial charge in [-0.2, -0.15) is 0 Å². The summed E-state index contributed by atoms with van der Waals surface area (Å²) in [7, 11) is 0. The van der Waals surface area contributed by atoms with Crippen LogP contribution in [0.4, 0.5) is 0 Å². The van der Waals surface area contributed by atoms with E-state index >= 15 is 0 Å². The molecule has 1 rings (SSSR count). The Morgan fingerprint density at radius 3 is 1.91 bits per heavy atom. The zero-order valence-corrected chi connectivity index (χ0v) is 7.38. The van der Waals surface area contributed by atoms with Gasteiger partial charge < -0.3 is 15.4 Å². The smallest absolute Gasteiger partial charge is 0.109 e. The van der Waals surface area contributed by atoms with Gasteiger partial charge in [-0.1, -0.05) is 0 Å². The van der Waals surface area contributed by atoms with Crippen LogP contribution >= 0.6 is 0 Å². The first-order valence-electron chi connectivity index (χ1n) is 3.68. The van der Waals surface area contributed by atoms with Crippen LogP contribution < -0.4 is 0 Å². The Balaban J connectivity index is 3.04. The van der Waals surface area contributed by atoms with E-state index in [4.69, 9.17) is 0 Å². The highest BCUT2D eigenvalue weighted by Crippen LogP contribution is 2.37. The summed E-state index contributed by atoms with van der Waals surface area (Å²) in [6.45, 7) is 6.98. The SMILES string of the molecule is CC1(C)C=C(O)C(C)(C)N1[O-]. The van der Waals surface area contributed by atoms with Crippen LogP contribution in [0.25, 0.3) is 0 Å². The van der Waals surface area contributed by atoms with Crippen molar-refractivity contribution in [2.24, 2.45) is 0 Å². The fourth-order valence-electron chi connectivity index (χ4n) is 1.39. The predicted octanol–water partition coefficient (Wildman–Crippen LogP) is 1.80. The van der Waals surface area contributed by atoms with Gasteiger partial charge >= 0.3 is 0 Å². The van der Waals surface area contributed by atoms with Crippen LogP contribution in [0.15, 0.2) is 11.8 Å². The van der Waals surface area contributed by atoms with Gasteiger partial charge in [0.1, 0.15) is 5.76 Å². The summed E-state index contributed by atoms with van der Waals surface area (Å²) < 4.78 is 0. The molecule has 0 spiro atoms. The molecule has 0 radical (unpaired) electrons. The minimum absolute atomic E-state index is 0.164. The maximum absolute atomic E-state index is 11.5. The average Bonchev–Trinajstić information content (AvgIpc) is 1.94. The van der Waals surface area contributed by atoms with E-state index in [-0.39, 0.29) is 5.76 Å². The zero-order chi connectivity index (χ0) is 8.86. The van der Waals surface area contributed by atoms with Gasteiger partial charge in [-0.15, -0.1) is 0 Å². The zero-order valence-electron chi connectivity index (χ0n) is 7.38. The van der Waals surface area contributed by atoms with Crippen LogP contribution in [-0.4, -0.2) is 21.2 Å². The van der Waals surface area contributed by atoms with Crippen molar-refractivity contribution in [2.45, 2.75) is 38.8 Å². The summed E-state index contributed by atoms with van der Waals surface area (Å²) in [6, 6.07) is 0. The minimum atomic E-state index is -0.760. The molecule has 0 amide bonds. The number of hydrogen-bond donors (Lipinski definition) is 1. The first-order valence-corrected chi connectivity index (χ1v) is 3.68. The van der Waals surface area contributed by atoms with Crippen LogP contribution in [0.5, 0.6) is 0 Å². The Bertz CT molecular complexity index is 206. The Morgan fingerprint density at radius 1 is 1.36 bits per heavy atom. The van der Waals surface area contributed by atoms with Gasteiger partial charge in [0.25, 0.3) is 0 Å². The highest BCUT2D eigenvalue weighted by Gasteiger charge is 2.39. The fraction of sp³-hybridized carbons (Fsp3) is 0.750. The second-order valence-corrected chi connectivity index (χ2v) is 4.04. The number of hydroxylamine groups is 2. The molecule has 0 bridgehead atoms. The Hall–Kier alpha value is -0.540. The largest absolute Gasteiger partial charge is 0.784 e. The summed E-state index contributed by atoms with van der Waals surface area (Å²) in [5, 5.41) is 21.8. The fourth-order valence-corrected chi connectivity index (χ4v) is 1.39. The molecule has 0 aromatic heterocycles. The monoisotopic (exact) mass is 156 g/mol. The highest BCUT2D eigenvalue weighted by atomic mass is 16.5. The lowest BCUT2D eigenvalue weighted by Gasteiger charge is -2.46. The second-order valence-electron chi connectivity index (χ2n) is 4.04. The number of hydrogen-bond acceptors (Lipinski definition) is 3. The molecule has 1 N–H and O–H groups in total. The third-order valence-electron chi connectivity index (χ3n) is 2.15. The van der Waals surface area contributed by atoms with E-state index in [1.54, 1.807) is 33.8 Å². The lowest BCUT2D eigenvalue weighted by atomic mass is 10.1. The van der Waals surface area contributed by atoms with Crippen molar-refractivity contribution in [1.29, 1.82) is 0 Å². The molecule has 11 heavy (non-hydrogen) atoms. The molecule has 0 fully saturated rings. The molecule has 0 saturated carbocycles. The normalized spacial score (nSPS) is 28.6. The van der Waals surface area contributed by atoms with Crippen LogP contribution in [-0.2, 0) is 0 Å². The molecule has 0 unspecified atom stereocenters. The van der Waals surface area contributed by atoms with Crippen LogP contribution in [0, 0.1) is 5.21 Å². The van der Waals surface area contributed by atoms with Crippen LogP contribution in [0.2, 0.25) is 0 Å². The van der Waals surface area contributed by atoms with E-state index in [0.29, 0.717) is 0 Å². The molecule has 64 valence electrons. The van der Waals surface area contributed by atoms with E-state index in [0.717, 1.165) is 5.06 Å². The van der Waals surface area contributed by atoms with Gasteiger partial charge in [0.15, 0.2) is 0 Å². The van der Waals surface area contributed by atoms with E-state index in [2.05, 4.69) is 0 Å². The third kappa shape index (κ3) is 1.04. The van der Waals surface area contributed by atoms with Crippen molar-refractivity contribution < 1.29 is 5.11 Å². The number of aliphatic hydroxyl groups excluding tert-OH is 1. The Morgan fingerprint density at radius 2 is 1.82 bits per heavy atom. The van der Waals surface area contributed by atoms with Gasteiger partial charge in [-0.25, -0.2) is 0 Å². The highest BCUT2D eigenvalue weighted by molar-refractivity contribution is 5.26. The first kappa shape index (κ1) is 8.56. The Labute approximate surface area is 66.9 Å².